The Morgan fingerprint density at radius 1 is 1.22 bits per heavy atom. The molecule has 1 aromatic carbocycles. The Balaban J connectivity index is 1.29. The first kappa shape index (κ1) is 22.8. The summed E-state index contributed by atoms with van der Waals surface area (Å²) in [6, 6.07) is 13.9. The molecule has 0 radical (unpaired) electrons. The van der Waals surface area contributed by atoms with Crippen molar-refractivity contribution in [1.29, 1.82) is 0 Å². The quantitative estimate of drug-likeness (QED) is 0.281. The van der Waals surface area contributed by atoms with Crippen molar-refractivity contribution in [3.63, 3.8) is 0 Å². The van der Waals surface area contributed by atoms with Crippen LogP contribution in [0.25, 0.3) is 16.8 Å². The number of ether oxygens (including phenoxy) is 1. The number of fused-ring (bicyclic) bond motifs is 1. The van der Waals surface area contributed by atoms with Crippen LogP contribution in [0, 0.1) is 11.8 Å². The molecule has 1 aliphatic heterocycles. The standard InChI is InChI=1S/C28H30FN5O2/c1-17-13-34(28(35)18-7-8-18)14-23-25(17)27(32-21-5-3-2-4-6-21)26(33-23)19-9-10-30-24(12-19)31-16-36-15-20-11-22(20)29/h2-6,9-10,12,18,20,22,32-33H,1,7-8,11,13-16H2,(H,30,31)/t20-,22-/m0/s1. The fourth-order valence-corrected chi connectivity index (χ4v) is 4.77. The lowest BCUT2D eigenvalue weighted by Gasteiger charge is -2.29. The number of nitrogens with zero attached hydrogens (tertiary/aromatic N) is 2. The monoisotopic (exact) mass is 487 g/mol. The van der Waals surface area contributed by atoms with E-state index in [4.69, 9.17) is 4.74 Å². The average Bonchev–Trinajstić information content (AvgIpc) is 3.81. The van der Waals surface area contributed by atoms with E-state index in [1.807, 2.05) is 47.4 Å². The Morgan fingerprint density at radius 2 is 2.03 bits per heavy atom. The number of anilines is 3. The van der Waals surface area contributed by atoms with Gasteiger partial charge in [0.15, 0.2) is 0 Å². The molecule has 3 aromatic rings. The molecule has 36 heavy (non-hydrogen) atoms. The van der Waals surface area contributed by atoms with Gasteiger partial charge in [-0.15, -0.1) is 0 Å². The number of benzene rings is 1. The Hall–Kier alpha value is -3.65. The van der Waals surface area contributed by atoms with Crippen molar-refractivity contribution in [3.05, 3.63) is 66.5 Å². The fraction of sp³-hybridized carbons (Fsp3) is 0.357. The van der Waals surface area contributed by atoms with E-state index in [2.05, 4.69) is 27.2 Å². The van der Waals surface area contributed by atoms with Crippen LogP contribution in [0.2, 0.25) is 0 Å². The number of carbonyl (C=O) groups excluding carboxylic acids is 1. The minimum atomic E-state index is -0.717. The average molecular weight is 488 g/mol. The molecular formula is C28H30FN5O2. The summed E-state index contributed by atoms with van der Waals surface area (Å²) in [6.07, 6.45) is 3.59. The minimum Gasteiger partial charge on any atom is -0.361 e. The molecule has 3 heterocycles. The number of rotatable bonds is 9. The molecule has 2 aliphatic carbocycles. The molecule has 6 rings (SSSR count). The molecule has 0 unspecified atom stereocenters. The predicted molar refractivity (Wildman–Crippen MR) is 138 cm³/mol. The zero-order valence-corrected chi connectivity index (χ0v) is 20.1. The Bertz CT molecular complexity index is 1290. The van der Waals surface area contributed by atoms with E-state index in [0.29, 0.717) is 31.9 Å². The topological polar surface area (TPSA) is 82.3 Å². The van der Waals surface area contributed by atoms with Crippen LogP contribution < -0.4 is 10.6 Å². The summed E-state index contributed by atoms with van der Waals surface area (Å²) in [5.74, 6) is 1.09. The van der Waals surface area contributed by atoms with Crippen LogP contribution >= 0.6 is 0 Å². The molecule has 3 aliphatic rings. The van der Waals surface area contributed by atoms with Crippen LogP contribution in [0.15, 0.2) is 55.2 Å². The highest BCUT2D eigenvalue weighted by molar-refractivity contribution is 5.93. The number of hydrogen-bond acceptors (Lipinski definition) is 5. The number of hydrogen-bond donors (Lipinski definition) is 3. The van der Waals surface area contributed by atoms with E-state index in [9.17, 15) is 9.18 Å². The van der Waals surface area contributed by atoms with Crippen LogP contribution in [0.1, 0.15) is 30.5 Å². The number of amides is 1. The van der Waals surface area contributed by atoms with Crippen LogP contribution in [-0.4, -0.2) is 46.8 Å². The SMILES string of the molecule is C=C1CN(C(=O)C2CC2)Cc2[nH]c(-c3ccnc(NCOC[C@@H]4C[C@@H]4F)c3)c(Nc3ccccc3)c21. The predicted octanol–water partition coefficient (Wildman–Crippen LogP) is 5.33. The molecule has 8 heteroatoms. The van der Waals surface area contributed by atoms with Gasteiger partial charge in [-0.3, -0.25) is 4.79 Å². The van der Waals surface area contributed by atoms with Gasteiger partial charge >= 0.3 is 0 Å². The highest BCUT2D eigenvalue weighted by Crippen LogP contribution is 2.43. The summed E-state index contributed by atoms with van der Waals surface area (Å²) in [5, 5.41) is 6.76. The van der Waals surface area contributed by atoms with Gasteiger partial charge in [0.1, 0.15) is 18.7 Å². The van der Waals surface area contributed by atoms with Gasteiger partial charge in [-0.05, 0) is 49.1 Å². The molecule has 0 bridgehead atoms. The summed E-state index contributed by atoms with van der Waals surface area (Å²) in [6.45, 7) is 6.10. The van der Waals surface area contributed by atoms with Gasteiger partial charge in [0.2, 0.25) is 5.91 Å². The lowest BCUT2D eigenvalue weighted by Crippen LogP contribution is -2.36. The normalized spacial score (nSPS) is 20.7. The molecule has 2 aromatic heterocycles. The third-order valence-corrected chi connectivity index (χ3v) is 7.02. The lowest BCUT2D eigenvalue weighted by molar-refractivity contribution is -0.132. The number of aromatic amines is 1. The summed E-state index contributed by atoms with van der Waals surface area (Å²) in [5.41, 5.74) is 6.70. The lowest BCUT2D eigenvalue weighted by atomic mass is 9.99. The van der Waals surface area contributed by atoms with Crippen LogP contribution in [0.5, 0.6) is 0 Å². The smallest absolute Gasteiger partial charge is 0.226 e. The van der Waals surface area contributed by atoms with Crippen molar-refractivity contribution in [2.75, 3.05) is 30.5 Å². The van der Waals surface area contributed by atoms with Gasteiger partial charge in [-0.25, -0.2) is 9.37 Å². The zero-order valence-electron chi connectivity index (χ0n) is 20.1. The first-order chi connectivity index (χ1) is 17.6. The van der Waals surface area contributed by atoms with Crippen molar-refractivity contribution in [2.45, 2.75) is 32.0 Å². The van der Waals surface area contributed by atoms with Gasteiger partial charge < -0.3 is 25.3 Å². The molecule has 2 saturated carbocycles. The summed E-state index contributed by atoms with van der Waals surface area (Å²) < 4.78 is 18.6. The van der Waals surface area contributed by atoms with Crippen molar-refractivity contribution >= 4 is 28.7 Å². The maximum absolute atomic E-state index is 13.0. The van der Waals surface area contributed by atoms with Crippen LogP contribution in [0.4, 0.5) is 21.6 Å². The van der Waals surface area contributed by atoms with Crippen molar-refractivity contribution in [2.24, 2.45) is 11.8 Å². The number of halogens is 1. The van der Waals surface area contributed by atoms with Gasteiger partial charge in [0.05, 0.1) is 24.5 Å². The second kappa shape index (κ2) is 9.43. The zero-order chi connectivity index (χ0) is 24.6. The minimum absolute atomic E-state index is 0.0300. The number of para-hydroxylation sites is 1. The molecular weight excluding hydrogens is 457 g/mol. The van der Waals surface area contributed by atoms with Gasteiger partial charge in [-0.1, -0.05) is 24.8 Å². The molecule has 1 amide bonds. The number of H-pyrrole nitrogens is 1. The molecule has 2 fully saturated rings. The van der Waals surface area contributed by atoms with Crippen LogP contribution in [0.3, 0.4) is 0 Å². The highest BCUT2D eigenvalue weighted by atomic mass is 19.1. The van der Waals surface area contributed by atoms with Gasteiger partial charge in [0.25, 0.3) is 0 Å². The number of aromatic nitrogens is 2. The number of alkyl halides is 1. The first-order valence-electron chi connectivity index (χ1n) is 12.5. The van der Waals surface area contributed by atoms with Crippen molar-refractivity contribution in [3.8, 4) is 11.3 Å². The van der Waals surface area contributed by atoms with E-state index < -0.39 is 6.17 Å². The summed E-state index contributed by atoms with van der Waals surface area (Å²) in [4.78, 5) is 22.7. The summed E-state index contributed by atoms with van der Waals surface area (Å²) >= 11 is 0. The maximum Gasteiger partial charge on any atom is 0.226 e. The van der Waals surface area contributed by atoms with E-state index in [1.54, 1.807) is 6.20 Å². The van der Waals surface area contributed by atoms with E-state index >= 15 is 0 Å². The third-order valence-electron chi connectivity index (χ3n) is 7.02. The van der Waals surface area contributed by atoms with Crippen molar-refractivity contribution < 1.29 is 13.9 Å². The second-order valence-electron chi connectivity index (χ2n) is 9.93. The molecule has 2 atom stereocenters. The summed E-state index contributed by atoms with van der Waals surface area (Å²) in [7, 11) is 0. The molecule has 0 saturated heterocycles. The van der Waals surface area contributed by atoms with Gasteiger partial charge in [-0.2, -0.15) is 0 Å². The Morgan fingerprint density at radius 3 is 2.78 bits per heavy atom. The molecule has 0 spiro atoms. The Kier molecular flexibility index (Phi) is 5.97. The molecule has 186 valence electrons. The van der Waals surface area contributed by atoms with E-state index in [-0.39, 0.29) is 24.5 Å². The largest absolute Gasteiger partial charge is 0.361 e. The van der Waals surface area contributed by atoms with Crippen LogP contribution in [-0.2, 0) is 16.1 Å². The number of pyridine rings is 1. The number of carbonyl (C=O) groups is 1. The highest BCUT2D eigenvalue weighted by Gasteiger charge is 2.38. The van der Waals surface area contributed by atoms with Gasteiger partial charge in [0, 0.05) is 47.1 Å². The fourth-order valence-electron chi connectivity index (χ4n) is 4.77. The number of nitrogens with one attached hydrogen (secondary N) is 3. The molecule has 7 nitrogen and oxygen atoms in total. The molecule has 3 N–H and O–H groups in total. The van der Waals surface area contributed by atoms with E-state index in [0.717, 1.165) is 52.3 Å². The maximum atomic E-state index is 13.0. The van der Waals surface area contributed by atoms with E-state index in [1.165, 1.54) is 0 Å². The second-order valence-corrected chi connectivity index (χ2v) is 9.93. The third kappa shape index (κ3) is 4.73. The Labute approximate surface area is 209 Å². The first-order valence-corrected chi connectivity index (χ1v) is 12.5. The van der Waals surface area contributed by atoms with Crippen molar-refractivity contribution in [1.82, 2.24) is 14.9 Å².